The molecule has 13 heavy (non-hydrogen) atoms. The molecule has 0 aromatic carbocycles. The minimum absolute atomic E-state index is 0.121. The number of thiophene rings is 1. The summed E-state index contributed by atoms with van der Waals surface area (Å²) in [7, 11) is 0. The summed E-state index contributed by atoms with van der Waals surface area (Å²) in [5.74, 6) is 0. The Morgan fingerprint density at radius 2 is 1.92 bits per heavy atom. The largest absolute Gasteiger partial charge is 0.391 e. The molecule has 2 heterocycles. The average molecular weight is 191 g/mol. The van der Waals surface area contributed by atoms with Gasteiger partial charge in [0.1, 0.15) is 0 Å². The molecule has 0 radical (unpaired) electrons. The Balaban J connectivity index is 2.36. The quantitative estimate of drug-likeness (QED) is 0.790. The Hall–Kier alpha value is -1.19. The first kappa shape index (κ1) is 8.41. The summed E-state index contributed by atoms with van der Waals surface area (Å²) in [5.41, 5.74) is 1.15. The van der Waals surface area contributed by atoms with Crippen molar-refractivity contribution < 1.29 is 5.11 Å². The van der Waals surface area contributed by atoms with Crippen LogP contribution in [-0.4, -0.2) is 10.1 Å². The highest BCUT2D eigenvalue weighted by molar-refractivity contribution is 7.15. The number of aliphatic hydroxyl groups excluding tert-OH is 1. The van der Waals surface area contributed by atoms with Crippen molar-refractivity contribution in [2.24, 2.45) is 0 Å². The lowest BCUT2D eigenvalue weighted by molar-refractivity contribution is 0.285. The highest BCUT2D eigenvalue weighted by Crippen LogP contribution is 2.27. The first-order chi connectivity index (χ1) is 6.40. The van der Waals surface area contributed by atoms with Crippen LogP contribution in [-0.2, 0) is 6.61 Å². The van der Waals surface area contributed by atoms with Crippen LogP contribution in [0, 0.1) is 0 Å². The highest BCUT2D eigenvalue weighted by Gasteiger charge is 2.00. The molecular weight excluding hydrogens is 182 g/mol. The standard InChI is InChI=1S/C10H9NOS/c12-7-9-1-2-10(13-9)8-3-5-11-6-4-8/h1-6,12H,7H2. The molecule has 0 fully saturated rings. The SMILES string of the molecule is OCc1ccc(-c2ccncc2)s1. The molecule has 0 saturated heterocycles. The second-order valence-corrected chi connectivity index (χ2v) is 3.83. The van der Waals surface area contributed by atoms with E-state index in [1.54, 1.807) is 23.7 Å². The molecule has 0 bridgehead atoms. The third-order valence-corrected chi connectivity index (χ3v) is 2.90. The van der Waals surface area contributed by atoms with Gasteiger partial charge in [-0.05, 0) is 29.8 Å². The van der Waals surface area contributed by atoms with Crippen LogP contribution in [0.5, 0.6) is 0 Å². The summed E-state index contributed by atoms with van der Waals surface area (Å²) in [5, 5.41) is 8.90. The number of aliphatic hydroxyl groups is 1. The zero-order valence-electron chi connectivity index (χ0n) is 6.97. The molecule has 0 saturated carbocycles. The molecule has 2 nitrogen and oxygen atoms in total. The van der Waals surface area contributed by atoms with Gasteiger partial charge in [-0.2, -0.15) is 0 Å². The first-order valence-electron chi connectivity index (χ1n) is 4.00. The number of hydrogen-bond donors (Lipinski definition) is 1. The number of rotatable bonds is 2. The van der Waals surface area contributed by atoms with Crippen molar-refractivity contribution in [3.05, 3.63) is 41.5 Å². The molecule has 0 atom stereocenters. The predicted molar refractivity (Wildman–Crippen MR) is 53.5 cm³/mol. The second kappa shape index (κ2) is 3.68. The van der Waals surface area contributed by atoms with Crippen LogP contribution in [0.4, 0.5) is 0 Å². The average Bonchev–Trinajstić information content (AvgIpc) is 2.67. The van der Waals surface area contributed by atoms with Gasteiger partial charge in [0.25, 0.3) is 0 Å². The zero-order chi connectivity index (χ0) is 9.10. The van der Waals surface area contributed by atoms with Gasteiger partial charge in [-0.3, -0.25) is 4.98 Å². The van der Waals surface area contributed by atoms with Crippen LogP contribution in [0.15, 0.2) is 36.7 Å². The molecule has 3 heteroatoms. The molecular formula is C10H9NOS. The van der Waals surface area contributed by atoms with E-state index >= 15 is 0 Å². The lowest BCUT2D eigenvalue weighted by Gasteiger charge is -1.93. The summed E-state index contributed by atoms with van der Waals surface area (Å²) in [4.78, 5) is 6.12. The van der Waals surface area contributed by atoms with Gasteiger partial charge in [0.15, 0.2) is 0 Å². The first-order valence-corrected chi connectivity index (χ1v) is 4.82. The van der Waals surface area contributed by atoms with E-state index in [9.17, 15) is 0 Å². The number of hydrogen-bond acceptors (Lipinski definition) is 3. The van der Waals surface area contributed by atoms with Gasteiger partial charge in [0.2, 0.25) is 0 Å². The lowest BCUT2D eigenvalue weighted by Crippen LogP contribution is -1.72. The number of nitrogens with zero attached hydrogens (tertiary/aromatic N) is 1. The number of pyridine rings is 1. The fourth-order valence-corrected chi connectivity index (χ4v) is 2.01. The molecule has 0 aliphatic heterocycles. The molecule has 0 unspecified atom stereocenters. The second-order valence-electron chi connectivity index (χ2n) is 2.66. The Bertz CT molecular complexity index is 383. The smallest absolute Gasteiger partial charge is 0.0774 e. The lowest BCUT2D eigenvalue weighted by atomic mass is 10.2. The van der Waals surface area contributed by atoms with Crippen LogP contribution in [0.2, 0.25) is 0 Å². The Morgan fingerprint density at radius 3 is 2.54 bits per heavy atom. The van der Waals surface area contributed by atoms with Gasteiger partial charge in [-0.25, -0.2) is 0 Å². The van der Waals surface area contributed by atoms with E-state index in [0.717, 1.165) is 10.4 Å². The van der Waals surface area contributed by atoms with Gasteiger partial charge < -0.3 is 5.11 Å². The molecule has 1 N–H and O–H groups in total. The van der Waals surface area contributed by atoms with Gasteiger partial charge in [-0.15, -0.1) is 11.3 Å². The Kier molecular flexibility index (Phi) is 2.38. The fourth-order valence-electron chi connectivity index (χ4n) is 1.13. The molecule has 2 aromatic heterocycles. The minimum Gasteiger partial charge on any atom is -0.391 e. The van der Waals surface area contributed by atoms with Crippen LogP contribution in [0.3, 0.4) is 0 Å². The highest BCUT2D eigenvalue weighted by atomic mass is 32.1. The van der Waals surface area contributed by atoms with E-state index in [2.05, 4.69) is 4.98 Å². The topological polar surface area (TPSA) is 33.1 Å². The monoisotopic (exact) mass is 191 g/mol. The van der Waals surface area contributed by atoms with Crippen molar-refractivity contribution >= 4 is 11.3 Å². The maximum atomic E-state index is 8.90. The fraction of sp³-hybridized carbons (Fsp3) is 0.100. The van der Waals surface area contributed by atoms with E-state index in [4.69, 9.17) is 5.11 Å². The van der Waals surface area contributed by atoms with Gasteiger partial charge in [0.05, 0.1) is 6.61 Å². The maximum Gasteiger partial charge on any atom is 0.0774 e. The zero-order valence-corrected chi connectivity index (χ0v) is 7.79. The molecule has 0 aliphatic carbocycles. The summed E-state index contributed by atoms with van der Waals surface area (Å²) < 4.78 is 0. The summed E-state index contributed by atoms with van der Waals surface area (Å²) in [6.07, 6.45) is 3.54. The minimum atomic E-state index is 0.121. The van der Waals surface area contributed by atoms with Crippen molar-refractivity contribution in [3.63, 3.8) is 0 Å². The van der Waals surface area contributed by atoms with Gasteiger partial charge in [0, 0.05) is 22.1 Å². The molecule has 0 aliphatic rings. The summed E-state index contributed by atoms with van der Waals surface area (Å²) >= 11 is 1.61. The maximum absolute atomic E-state index is 8.90. The van der Waals surface area contributed by atoms with E-state index in [0.29, 0.717) is 0 Å². The summed E-state index contributed by atoms with van der Waals surface area (Å²) in [6, 6.07) is 7.89. The van der Waals surface area contributed by atoms with E-state index in [1.807, 2.05) is 24.3 Å². The van der Waals surface area contributed by atoms with Crippen molar-refractivity contribution in [1.29, 1.82) is 0 Å². The third-order valence-electron chi connectivity index (χ3n) is 1.78. The molecule has 0 amide bonds. The van der Waals surface area contributed by atoms with Crippen molar-refractivity contribution in [1.82, 2.24) is 4.98 Å². The Labute approximate surface area is 80.5 Å². The van der Waals surface area contributed by atoms with Crippen LogP contribution >= 0.6 is 11.3 Å². The van der Waals surface area contributed by atoms with Crippen LogP contribution in [0.1, 0.15) is 4.88 Å². The molecule has 0 spiro atoms. The normalized spacial score (nSPS) is 10.2. The molecule has 2 rings (SSSR count). The van der Waals surface area contributed by atoms with E-state index in [-0.39, 0.29) is 6.61 Å². The molecule has 66 valence electrons. The summed E-state index contributed by atoms with van der Waals surface area (Å²) in [6.45, 7) is 0.121. The Morgan fingerprint density at radius 1 is 1.15 bits per heavy atom. The van der Waals surface area contributed by atoms with Crippen LogP contribution in [0.25, 0.3) is 10.4 Å². The van der Waals surface area contributed by atoms with E-state index < -0.39 is 0 Å². The van der Waals surface area contributed by atoms with Crippen molar-refractivity contribution in [3.8, 4) is 10.4 Å². The number of aromatic nitrogens is 1. The van der Waals surface area contributed by atoms with Crippen molar-refractivity contribution in [2.75, 3.05) is 0 Å². The van der Waals surface area contributed by atoms with Gasteiger partial charge >= 0.3 is 0 Å². The molecule has 2 aromatic rings. The van der Waals surface area contributed by atoms with Crippen molar-refractivity contribution in [2.45, 2.75) is 6.61 Å². The predicted octanol–water partition coefficient (Wildman–Crippen LogP) is 2.30. The van der Waals surface area contributed by atoms with Crippen LogP contribution < -0.4 is 0 Å². The van der Waals surface area contributed by atoms with Gasteiger partial charge in [-0.1, -0.05) is 0 Å². The van der Waals surface area contributed by atoms with E-state index in [1.165, 1.54) is 4.88 Å². The third kappa shape index (κ3) is 1.76.